The monoisotopic (exact) mass is 487 g/mol. The van der Waals surface area contributed by atoms with Gasteiger partial charge < -0.3 is 25.8 Å². The number of nitrogen functional groups attached to an aromatic ring is 1. The van der Waals surface area contributed by atoms with Crippen molar-refractivity contribution in [1.82, 2.24) is 9.97 Å². The van der Waals surface area contributed by atoms with Crippen LogP contribution in [0.3, 0.4) is 0 Å². The highest BCUT2D eigenvalue weighted by atomic mass is 32.2. The lowest BCUT2D eigenvalue weighted by Gasteiger charge is -2.42. The summed E-state index contributed by atoms with van der Waals surface area (Å²) in [6.07, 6.45) is 1.71. The third-order valence-corrected chi connectivity index (χ3v) is 8.10. The van der Waals surface area contributed by atoms with E-state index in [1.807, 2.05) is 38.1 Å². The first-order chi connectivity index (χ1) is 16.2. The fourth-order valence-corrected chi connectivity index (χ4v) is 6.02. The molecule has 1 aromatic carbocycles. The van der Waals surface area contributed by atoms with Gasteiger partial charge in [-0.3, -0.25) is 9.00 Å². The zero-order valence-corrected chi connectivity index (χ0v) is 20.7. The van der Waals surface area contributed by atoms with Crippen molar-refractivity contribution in [2.75, 3.05) is 41.4 Å². The van der Waals surface area contributed by atoms with Gasteiger partial charge in [-0.2, -0.15) is 4.98 Å². The number of para-hydroxylation sites is 1. The van der Waals surface area contributed by atoms with Crippen molar-refractivity contribution in [1.29, 1.82) is 0 Å². The van der Waals surface area contributed by atoms with E-state index >= 15 is 0 Å². The number of nitrogens with two attached hydrogens (primary N) is 1. The average Bonchev–Trinajstić information content (AvgIpc) is 3.18. The number of hydrogen-bond donors (Lipinski definition) is 3. The minimum atomic E-state index is -1.16. The summed E-state index contributed by atoms with van der Waals surface area (Å²) in [5.41, 5.74) is 7.66. The van der Waals surface area contributed by atoms with Gasteiger partial charge in [0.2, 0.25) is 5.95 Å². The molecule has 2 atom stereocenters. The topological polar surface area (TPSA) is 131 Å². The number of esters is 1. The maximum Gasteiger partial charge on any atom is 0.303 e. The van der Waals surface area contributed by atoms with E-state index in [1.165, 1.54) is 6.92 Å². The molecular weight excluding hydrogens is 454 g/mol. The number of aromatic nitrogens is 2. The third-order valence-electron chi connectivity index (χ3n) is 6.64. The summed E-state index contributed by atoms with van der Waals surface area (Å²) < 4.78 is 18.5. The molecule has 0 bridgehead atoms. The number of rotatable bonds is 7. The van der Waals surface area contributed by atoms with Crippen LogP contribution in [0.15, 0.2) is 29.2 Å². The van der Waals surface area contributed by atoms with Crippen molar-refractivity contribution in [2.24, 2.45) is 5.92 Å². The van der Waals surface area contributed by atoms with Crippen molar-refractivity contribution in [3.8, 4) is 0 Å². The van der Waals surface area contributed by atoms with Crippen LogP contribution >= 0.6 is 0 Å². The number of nitrogens with zero attached hydrogens (tertiary/aromatic N) is 3. The molecule has 2 aliphatic heterocycles. The second-order valence-electron chi connectivity index (χ2n) is 9.29. The smallest absolute Gasteiger partial charge is 0.303 e. The van der Waals surface area contributed by atoms with E-state index in [2.05, 4.69) is 10.2 Å². The molecular formula is C24H33N5O4S. The van der Waals surface area contributed by atoms with Crippen LogP contribution in [0.1, 0.15) is 44.9 Å². The minimum Gasteiger partial charge on any atom is -0.454 e. The molecule has 2 aromatic rings. The Hall–Kier alpha value is -2.72. The van der Waals surface area contributed by atoms with Crippen molar-refractivity contribution in [2.45, 2.75) is 56.6 Å². The number of ether oxygens (including phenoxy) is 1. The fraction of sp³-hybridized carbons (Fsp3) is 0.542. The zero-order valence-electron chi connectivity index (χ0n) is 19.9. The number of benzene rings is 1. The van der Waals surface area contributed by atoms with Crippen LogP contribution in [0.4, 0.5) is 17.5 Å². The van der Waals surface area contributed by atoms with Crippen molar-refractivity contribution in [3.05, 3.63) is 35.5 Å². The lowest BCUT2D eigenvalue weighted by molar-refractivity contribution is -0.160. The van der Waals surface area contributed by atoms with E-state index in [-0.39, 0.29) is 24.5 Å². The zero-order chi connectivity index (χ0) is 24.5. The quantitative estimate of drug-likeness (QED) is 0.397. The molecule has 0 spiro atoms. The molecule has 1 aromatic heterocycles. The minimum absolute atomic E-state index is 0.0501. The van der Waals surface area contributed by atoms with Crippen LogP contribution in [0.5, 0.6) is 0 Å². The molecule has 0 saturated carbocycles. The summed E-state index contributed by atoms with van der Waals surface area (Å²) in [6, 6.07) is 7.29. The van der Waals surface area contributed by atoms with Crippen LogP contribution in [0, 0.1) is 5.92 Å². The highest BCUT2D eigenvalue weighted by Gasteiger charge is 2.41. The van der Waals surface area contributed by atoms with Gasteiger partial charge in [0, 0.05) is 56.3 Å². The molecule has 4 N–H and O–H groups in total. The Morgan fingerprint density at radius 1 is 1.29 bits per heavy atom. The van der Waals surface area contributed by atoms with Crippen molar-refractivity contribution in [3.63, 3.8) is 0 Å². The molecule has 2 aliphatic rings. The first-order valence-corrected chi connectivity index (χ1v) is 13.0. The molecule has 9 nitrogen and oxygen atoms in total. The SMILES string of the molecule is CC(=O)OC1(c2ccccc2N)CCN(c2nc3c(c(N[C@@H](CO)C(C)C)n2)S(=O)CC3)CC1. The van der Waals surface area contributed by atoms with Crippen molar-refractivity contribution < 1.29 is 18.8 Å². The summed E-state index contributed by atoms with van der Waals surface area (Å²) in [5.74, 6) is 1.44. The summed E-state index contributed by atoms with van der Waals surface area (Å²) in [4.78, 5) is 24.2. The molecule has 0 radical (unpaired) electrons. The van der Waals surface area contributed by atoms with Gasteiger partial charge in [0.15, 0.2) is 0 Å². The maximum absolute atomic E-state index is 12.6. The Morgan fingerprint density at radius 2 is 2.00 bits per heavy atom. The van der Waals surface area contributed by atoms with Gasteiger partial charge in [-0.25, -0.2) is 4.98 Å². The predicted molar refractivity (Wildman–Crippen MR) is 132 cm³/mol. The molecule has 10 heteroatoms. The Kier molecular flexibility index (Phi) is 7.09. The van der Waals surface area contributed by atoms with Crippen LogP contribution in [0.2, 0.25) is 0 Å². The molecule has 34 heavy (non-hydrogen) atoms. The van der Waals surface area contributed by atoms with Crippen LogP contribution < -0.4 is 16.0 Å². The van der Waals surface area contributed by atoms with Crippen LogP contribution in [-0.2, 0) is 32.4 Å². The number of anilines is 3. The highest BCUT2D eigenvalue weighted by Crippen LogP contribution is 2.41. The lowest BCUT2D eigenvalue weighted by Crippen LogP contribution is -2.46. The molecule has 184 valence electrons. The first-order valence-electron chi connectivity index (χ1n) is 11.7. The summed E-state index contributed by atoms with van der Waals surface area (Å²) in [7, 11) is -1.16. The van der Waals surface area contributed by atoms with E-state index in [4.69, 9.17) is 20.4 Å². The van der Waals surface area contributed by atoms with Crippen molar-refractivity contribution >= 4 is 34.2 Å². The van der Waals surface area contributed by atoms with E-state index in [9.17, 15) is 14.1 Å². The first kappa shape index (κ1) is 24.4. The largest absolute Gasteiger partial charge is 0.454 e. The van der Waals surface area contributed by atoms with Gasteiger partial charge in [-0.15, -0.1) is 0 Å². The maximum atomic E-state index is 12.6. The van der Waals surface area contributed by atoms with Gasteiger partial charge >= 0.3 is 5.97 Å². The van der Waals surface area contributed by atoms with E-state index < -0.39 is 16.4 Å². The Bertz CT molecular complexity index is 1090. The van der Waals surface area contributed by atoms with Gasteiger partial charge in [-0.1, -0.05) is 32.0 Å². The average molecular weight is 488 g/mol. The molecule has 4 rings (SSSR count). The Morgan fingerprint density at radius 3 is 2.62 bits per heavy atom. The number of carbonyl (C=O) groups excluding carboxylic acids is 1. The second-order valence-corrected chi connectivity index (χ2v) is 10.8. The number of aryl methyl sites for hydroxylation is 1. The highest BCUT2D eigenvalue weighted by molar-refractivity contribution is 7.85. The third kappa shape index (κ3) is 4.74. The molecule has 0 amide bonds. The number of nitrogens with one attached hydrogen (secondary N) is 1. The Labute approximate surface area is 202 Å². The van der Waals surface area contributed by atoms with Gasteiger partial charge in [-0.05, 0) is 12.0 Å². The number of aliphatic hydroxyl groups is 1. The molecule has 1 saturated heterocycles. The predicted octanol–water partition coefficient (Wildman–Crippen LogP) is 2.21. The van der Waals surface area contributed by atoms with E-state index in [1.54, 1.807) is 0 Å². The number of piperidine rings is 1. The van der Waals surface area contributed by atoms with Gasteiger partial charge in [0.05, 0.1) is 29.1 Å². The molecule has 0 aliphatic carbocycles. The number of hydrogen-bond acceptors (Lipinski definition) is 9. The van der Waals surface area contributed by atoms with Gasteiger partial charge in [0.1, 0.15) is 16.3 Å². The fourth-order valence-electron chi connectivity index (χ4n) is 4.70. The summed E-state index contributed by atoms with van der Waals surface area (Å²) in [5, 5.41) is 13.1. The molecule has 1 fully saturated rings. The lowest BCUT2D eigenvalue weighted by atomic mass is 9.83. The Balaban J connectivity index is 1.63. The van der Waals surface area contributed by atoms with Gasteiger partial charge in [0.25, 0.3) is 0 Å². The number of carbonyl (C=O) groups is 1. The molecule has 3 heterocycles. The van der Waals surface area contributed by atoms with Crippen LogP contribution in [-0.4, -0.2) is 56.7 Å². The summed E-state index contributed by atoms with van der Waals surface area (Å²) >= 11 is 0. The van der Waals surface area contributed by atoms with Crippen LogP contribution in [0.25, 0.3) is 0 Å². The van der Waals surface area contributed by atoms with E-state index in [0.29, 0.717) is 60.5 Å². The number of aliphatic hydroxyl groups excluding tert-OH is 1. The number of fused-ring (bicyclic) bond motifs is 1. The normalized spacial score (nSPS) is 20.1. The summed E-state index contributed by atoms with van der Waals surface area (Å²) in [6.45, 7) is 6.53. The molecule has 1 unspecified atom stereocenters. The standard InChI is InChI=1S/C24H33N5O4S/c1-15(2)20(14-30)26-22-21-19(8-13-34(21)32)27-23(28-22)29-11-9-24(10-12-29,33-16(3)31)17-6-4-5-7-18(17)25/h4-7,15,20,30H,8-14,25H2,1-3H3,(H,26,27,28)/t20-,34?/m0/s1. The van der Waals surface area contributed by atoms with E-state index in [0.717, 1.165) is 11.3 Å². The second kappa shape index (κ2) is 9.87.